The third kappa shape index (κ3) is 3.33. The minimum atomic E-state index is -0.768. The van der Waals surface area contributed by atoms with Gasteiger partial charge in [0.15, 0.2) is 5.82 Å². The number of primary amides is 1. The number of carbonyl (C=O) groups is 1. The van der Waals surface area contributed by atoms with E-state index < -0.39 is 5.54 Å². The van der Waals surface area contributed by atoms with E-state index in [0.717, 1.165) is 79.5 Å². The van der Waals surface area contributed by atoms with Crippen LogP contribution in [0.2, 0.25) is 0 Å². The van der Waals surface area contributed by atoms with Gasteiger partial charge in [0, 0.05) is 6.20 Å². The van der Waals surface area contributed by atoms with Gasteiger partial charge in [-0.15, -0.1) is 0 Å². The van der Waals surface area contributed by atoms with E-state index in [1.807, 2.05) is 30.5 Å². The lowest BCUT2D eigenvalue weighted by Gasteiger charge is -2.48. The molecule has 2 heterocycles. The number of benzene rings is 1. The van der Waals surface area contributed by atoms with Gasteiger partial charge in [0.05, 0.1) is 11.0 Å². The van der Waals surface area contributed by atoms with E-state index in [9.17, 15) is 4.79 Å². The Morgan fingerprint density at radius 2 is 1.56 bits per heavy atom. The number of nitrogens with two attached hydrogens (primary N) is 1. The molecule has 2 N–H and O–H groups in total. The quantitative estimate of drug-likeness (QED) is 0.560. The molecule has 5 nitrogen and oxygen atoms in total. The van der Waals surface area contributed by atoms with Gasteiger partial charge in [0.2, 0.25) is 5.91 Å². The molecule has 0 aliphatic heterocycles. The molecule has 2 aliphatic carbocycles. The predicted octanol–water partition coefficient (Wildman–Crippen LogP) is 5.75. The first-order valence-electron chi connectivity index (χ1n) is 12.3. The summed E-state index contributed by atoms with van der Waals surface area (Å²) in [5, 5.41) is 0. The van der Waals surface area contributed by atoms with E-state index in [0.29, 0.717) is 0 Å². The fourth-order valence-corrected chi connectivity index (χ4v) is 6.58. The molecular formula is C27H34N4O. The lowest BCUT2D eigenvalue weighted by molar-refractivity contribution is -0.135. The summed E-state index contributed by atoms with van der Waals surface area (Å²) in [4.78, 5) is 23.6. The first-order chi connectivity index (χ1) is 15.6. The van der Waals surface area contributed by atoms with Crippen molar-refractivity contribution in [2.45, 2.75) is 76.7 Å². The Kier molecular flexibility index (Phi) is 5.75. The summed E-state index contributed by atoms with van der Waals surface area (Å²) >= 11 is 0. The van der Waals surface area contributed by atoms with Crippen LogP contribution in [0.4, 0.5) is 0 Å². The van der Waals surface area contributed by atoms with Crippen LogP contribution in [0.1, 0.15) is 69.8 Å². The molecule has 0 saturated heterocycles. The molecule has 32 heavy (non-hydrogen) atoms. The third-order valence-electron chi connectivity index (χ3n) is 8.00. The van der Waals surface area contributed by atoms with Crippen molar-refractivity contribution in [2.75, 3.05) is 0 Å². The van der Waals surface area contributed by atoms with Crippen LogP contribution in [-0.4, -0.2) is 20.4 Å². The summed E-state index contributed by atoms with van der Waals surface area (Å²) in [7, 11) is 0. The Hall–Kier alpha value is -2.69. The van der Waals surface area contributed by atoms with Crippen LogP contribution in [0, 0.1) is 18.8 Å². The number of aromatic nitrogens is 3. The molecule has 0 spiro atoms. The molecule has 2 aliphatic rings. The number of carbonyl (C=O) groups excluding carboxylic acids is 1. The molecule has 1 amide bonds. The number of imidazole rings is 1. The summed E-state index contributed by atoms with van der Waals surface area (Å²) in [6.07, 6.45) is 13.2. The van der Waals surface area contributed by atoms with Crippen molar-refractivity contribution >= 4 is 16.9 Å². The van der Waals surface area contributed by atoms with Gasteiger partial charge in [-0.2, -0.15) is 0 Å². The molecule has 5 heteroatoms. The first-order valence-corrected chi connectivity index (χ1v) is 12.3. The van der Waals surface area contributed by atoms with Crippen molar-refractivity contribution in [3.05, 3.63) is 48.2 Å². The fourth-order valence-electron chi connectivity index (χ4n) is 6.58. The standard InChI is InChI=1S/C27H34N4O/c1-19-11-10-18-29-24(19)25-30-22-16-8-9-17-23(22)31(25)27(26(28)32,20-12-4-2-5-13-20)21-14-6-3-7-15-21/h8-11,16-18,20-21H,2-7,12-15H2,1H3,(H2,28,32). The fraction of sp³-hybridized carbons (Fsp3) is 0.519. The van der Waals surface area contributed by atoms with Crippen LogP contribution in [-0.2, 0) is 10.3 Å². The molecule has 5 rings (SSSR count). The highest BCUT2D eigenvalue weighted by Crippen LogP contribution is 2.50. The molecule has 0 atom stereocenters. The van der Waals surface area contributed by atoms with E-state index >= 15 is 0 Å². The second-order valence-corrected chi connectivity index (χ2v) is 9.79. The Morgan fingerprint density at radius 3 is 2.16 bits per heavy atom. The smallest absolute Gasteiger partial charge is 0.244 e. The maximum atomic E-state index is 13.8. The topological polar surface area (TPSA) is 73.8 Å². The average Bonchev–Trinajstić information content (AvgIpc) is 3.21. The van der Waals surface area contributed by atoms with E-state index in [1.165, 1.54) is 12.8 Å². The molecule has 1 aromatic carbocycles. The maximum Gasteiger partial charge on any atom is 0.244 e. The SMILES string of the molecule is Cc1cccnc1-c1nc2ccccc2n1C(C(N)=O)(C1CCCCC1)C1CCCCC1. The highest BCUT2D eigenvalue weighted by molar-refractivity contribution is 5.89. The highest BCUT2D eigenvalue weighted by Gasteiger charge is 2.53. The van der Waals surface area contributed by atoms with Crippen molar-refractivity contribution < 1.29 is 4.79 Å². The molecule has 168 valence electrons. The lowest BCUT2D eigenvalue weighted by Crippen LogP contribution is -2.58. The number of hydrogen-bond donors (Lipinski definition) is 1. The highest BCUT2D eigenvalue weighted by atomic mass is 16.1. The number of fused-ring (bicyclic) bond motifs is 1. The number of hydrogen-bond acceptors (Lipinski definition) is 3. The van der Waals surface area contributed by atoms with Crippen LogP contribution in [0.3, 0.4) is 0 Å². The molecule has 2 fully saturated rings. The average molecular weight is 431 g/mol. The van der Waals surface area contributed by atoms with Gasteiger partial charge in [-0.3, -0.25) is 9.78 Å². The van der Waals surface area contributed by atoms with Gasteiger partial charge >= 0.3 is 0 Å². The molecule has 0 radical (unpaired) electrons. The van der Waals surface area contributed by atoms with Crippen LogP contribution in [0.5, 0.6) is 0 Å². The summed E-state index contributed by atoms with van der Waals surface area (Å²) < 4.78 is 2.26. The zero-order chi connectivity index (χ0) is 22.1. The summed E-state index contributed by atoms with van der Waals surface area (Å²) in [5.74, 6) is 1.07. The Labute approximate surface area is 190 Å². The molecule has 3 aromatic rings. The lowest BCUT2D eigenvalue weighted by atomic mass is 9.63. The summed E-state index contributed by atoms with van der Waals surface area (Å²) in [5.41, 5.74) is 9.55. The van der Waals surface area contributed by atoms with Crippen LogP contribution in [0.25, 0.3) is 22.6 Å². The van der Waals surface area contributed by atoms with Gasteiger partial charge in [-0.1, -0.05) is 56.7 Å². The number of aryl methyl sites for hydroxylation is 1. The van der Waals surface area contributed by atoms with Gasteiger partial charge in [0.1, 0.15) is 11.2 Å². The summed E-state index contributed by atoms with van der Waals surface area (Å²) in [6.45, 7) is 2.07. The number of amides is 1. The number of rotatable bonds is 5. The van der Waals surface area contributed by atoms with Crippen molar-refractivity contribution in [3.63, 3.8) is 0 Å². The predicted molar refractivity (Wildman–Crippen MR) is 128 cm³/mol. The molecule has 2 saturated carbocycles. The van der Waals surface area contributed by atoms with Crippen LogP contribution < -0.4 is 5.73 Å². The Bertz CT molecular complexity index is 1090. The summed E-state index contributed by atoms with van der Waals surface area (Å²) in [6, 6.07) is 12.2. The number of pyridine rings is 1. The maximum absolute atomic E-state index is 13.8. The second kappa shape index (κ2) is 8.68. The van der Waals surface area contributed by atoms with Gasteiger partial charge < -0.3 is 10.3 Å². The van der Waals surface area contributed by atoms with Crippen molar-refractivity contribution in [2.24, 2.45) is 17.6 Å². The third-order valence-corrected chi connectivity index (χ3v) is 8.00. The van der Waals surface area contributed by atoms with Gasteiger partial charge in [-0.25, -0.2) is 4.98 Å². The molecule has 0 bridgehead atoms. The van der Waals surface area contributed by atoms with Crippen molar-refractivity contribution in [1.29, 1.82) is 0 Å². The number of para-hydroxylation sites is 2. The van der Waals surface area contributed by atoms with Gasteiger partial charge in [0.25, 0.3) is 0 Å². The number of nitrogens with zero attached hydrogens (tertiary/aromatic N) is 3. The molecular weight excluding hydrogens is 396 g/mol. The Morgan fingerprint density at radius 1 is 0.938 bits per heavy atom. The van der Waals surface area contributed by atoms with Gasteiger partial charge in [-0.05, 0) is 68.2 Å². The zero-order valence-electron chi connectivity index (χ0n) is 19.1. The second-order valence-electron chi connectivity index (χ2n) is 9.79. The minimum Gasteiger partial charge on any atom is -0.368 e. The van der Waals surface area contributed by atoms with E-state index in [-0.39, 0.29) is 17.7 Å². The normalized spacial score (nSPS) is 18.8. The van der Waals surface area contributed by atoms with Crippen LogP contribution in [0.15, 0.2) is 42.6 Å². The van der Waals surface area contributed by atoms with E-state index in [1.54, 1.807) is 0 Å². The Balaban J connectivity index is 1.85. The molecule has 2 aromatic heterocycles. The van der Waals surface area contributed by atoms with Crippen molar-refractivity contribution in [3.8, 4) is 11.5 Å². The van der Waals surface area contributed by atoms with E-state index in [2.05, 4.69) is 23.6 Å². The zero-order valence-corrected chi connectivity index (χ0v) is 19.1. The van der Waals surface area contributed by atoms with E-state index in [4.69, 9.17) is 15.7 Å². The van der Waals surface area contributed by atoms with Crippen LogP contribution >= 0.6 is 0 Å². The van der Waals surface area contributed by atoms with Crippen molar-refractivity contribution in [1.82, 2.24) is 14.5 Å². The molecule has 0 unspecified atom stereocenters. The first kappa shape index (κ1) is 21.2. The minimum absolute atomic E-state index is 0.186. The largest absolute Gasteiger partial charge is 0.368 e. The monoisotopic (exact) mass is 430 g/mol.